The molecule has 0 spiro atoms. The van der Waals surface area contributed by atoms with E-state index in [1.807, 2.05) is 0 Å². The minimum Gasteiger partial charge on any atom is -0.310 e. The lowest BCUT2D eigenvalue weighted by molar-refractivity contribution is 1.22. The molecule has 6 aromatic carbocycles. The predicted molar refractivity (Wildman–Crippen MR) is 180 cm³/mol. The van der Waals surface area contributed by atoms with Gasteiger partial charge in [0, 0.05) is 34.1 Å². The van der Waals surface area contributed by atoms with Crippen LogP contribution in [-0.2, 0) is 0 Å². The van der Waals surface area contributed by atoms with Gasteiger partial charge in [0.15, 0.2) is 0 Å². The highest BCUT2D eigenvalue weighted by molar-refractivity contribution is 5.83. The monoisotopic (exact) mass is 544 g/mol. The average Bonchev–Trinajstić information content (AvgIpc) is 3.02. The fraction of sp³-hybridized carbons (Fsp3) is 0.100. The van der Waals surface area contributed by atoms with E-state index in [0.29, 0.717) is 0 Å². The van der Waals surface area contributed by atoms with E-state index >= 15 is 0 Å². The summed E-state index contributed by atoms with van der Waals surface area (Å²) in [5.41, 5.74) is 14.4. The van der Waals surface area contributed by atoms with Gasteiger partial charge in [-0.1, -0.05) is 97.1 Å². The Morgan fingerprint density at radius 3 is 0.762 bits per heavy atom. The molecule has 206 valence electrons. The zero-order valence-corrected chi connectivity index (χ0v) is 24.8. The van der Waals surface area contributed by atoms with Crippen LogP contribution in [0.2, 0.25) is 0 Å². The highest BCUT2D eigenvalue weighted by Crippen LogP contribution is 2.40. The molecule has 0 saturated carbocycles. The van der Waals surface area contributed by atoms with Crippen molar-refractivity contribution in [3.8, 4) is 11.1 Å². The summed E-state index contributed by atoms with van der Waals surface area (Å²) in [7, 11) is 0. The first-order chi connectivity index (χ1) is 20.5. The Bertz CT molecular complexity index is 1590. The van der Waals surface area contributed by atoms with Crippen molar-refractivity contribution in [1.82, 2.24) is 0 Å². The molecule has 0 heterocycles. The number of benzene rings is 6. The van der Waals surface area contributed by atoms with E-state index in [0.717, 1.165) is 11.4 Å². The molecular formula is C40H36N2. The molecular weight excluding hydrogens is 508 g/mol. The van der Waals surface area contributed by atoms with Crippen molar-refractivity contribution in [1.29, 1.82) is 0 Å². The van der Waals surface area contributed by atoms with E-state index < -0.39 is 0 Å². The molecule has 2 nitrogen and oxygen atoms in total. The van der Waals surface area contributed by atoms with Gasteiger partial charge in [-0.15, -0.1) is 0 Å². The number of para-hydroxylation sites is 4. The Morgan fingerprint density at radius 1 is 0.286 bits per heavy atom. The molecule has 0 amide bonds. The van der Waals surface area contributed by atoms with E-state index in [4.69, 9.17) is 0 Å². The van der Waals surface area contributed by atoms with Gasteiger partial charge in [0.25, 0.3) is 0 Å². The van der Waals surface area contributed by atoms with Crippen molar-refractivity contribution in [3.05, 3.63) is 168 Å². The summed E-state index contributed by atoms with van der Waals surface area (Å²) in [6.45, 7) is 8.70. The maximum absolute atomic E-state index is 2.36. The second-order valence-electron chi connectivity index (χ2n) is 10.9. The number of rotatable bonds is 7. The van der Waals surface area contributed by atoms with Gasteiger partial charge in [0.05, 0.1) is 0 Å². The fourth-order valence-electron chi connectivity index (χ4n) is 5.68. The van der Waals surface area contributed by atoms with Crippen LogP contribution in [0, 0.1) is 27.7 Å². The van der Waals surface area contributed by atoms with Gasteiger partial charge in [-0.25, -0.2) is 0 Å². The van der Waals surface area contributed by atoms with Crippen LogP contribution in [0.3, 0.4) is 0 Å². The molecule has 6 rings (SSSR count). The summed E-state index contributed by atoms with van der Waals surface area (Å²) in [6.07, 6.45) is 0. The molecule has 0 aliphatic rings. The maximum Gasteiger partial charge on any atom is 0.0490 e. The molecule has 0 bridgehead atoms. The van der Waals surface area contributed by atoms with E-state index in [9.17, 15) is 0 Å². The average molecular weight is 545 g/mol. The molecule has 0 N–H and O–H groups in total. The third kappa shape index (κ3) is 5.32. The Balaban J connectivity index is 1.36. The molecule has 2 heteroatoms. The van der Waals surface area contributed by atoms with Gasteiger partial charge < -0.3 is 9.80 Å². The summed E-state index contributed by atoms with van der Waals surface area (Å²) in [6, 6.07) is 52.2. The summed E-state index contributed by atoms with van der Waals surface area (Å²) in [5, 5.41) is 0. The Hall–Kier alpha value is -5.08. The molecule has 0 aromatic heterocycles. The standard InChI is InChI=1S/C40H36N2/c1-29-13-5-9-17-37(29)41(38-18-10-6-14-30(38)2)35-25-21-33(22-26-35)34-23-27-36(28-24-34)42(39-19-11-7-15-31(39)3)40-20-12-8-16-32(40)4/h5-28H,1-4H3. The summed E-state index contributed by atoms with van der Waals surface area (Å²) < 4.78 is 0. The first-order valence-electron chi connectivity index (χ1n) is 14.5. The van der Waals surface area contributed by atoms with Crippen LogP contribution >= 0.6 is 0 Å². The zero-order valence-electron chi connectivity index (χ0n) is 24.8. The maximum atomic E-state index is 2.36. The van der Waals surface area contributed by atoms with Crippen LogP contribution in [-0.4, -0.2) is 0 Å². The van der Waals surface area contributed by atoms with Crippen molar-refractivity contribution >= 4 is 34.1 Å². The van der Waals surface area contributed by atoms with E-state index in [-0.39, 0.29) is 0 Å². The molecule has 0 radical (unpaired) electrons. The van der Waals surface area contributed by atoms with Crippen LogP contribution < -0.4 is 9.80 Å². The Labute approximate surface area is 250 Å². The lowest BCUT2D eigenvalue weighted by Gasteiger charge is -2.29. The zero-order chi connectivity index (χ0) is 29.1. The number of anilines is 6. The number of nitrogens with zero attached hydrogens (tertiary/aromatic N) is 2. The highest BCUT2D eigenvalue weighted by atomic mass is 15.2. The van der Waals surface area contributed by atoms with E-state index in [1.165, 1.54) is 56.1 Å². The van der Waals surface area contributed by atoms with Gasteiger partial charge in [-0.05, 0) is 110 Å². The second-order valence-corrected chi connectivity index (χ2v) is 10.9. The van der Waals surface area contributed by atoms with Crippen LogP contribution in [0.4, 0.5) is 34.1 Å². The minimum absolute atomic E-state index is 1.14. The summed E-state index contributed by atoms with van der Waals surface area (Å²) >= 11 is 0. The van der Waals surface area contributed by atoms with E-state index in [2.05, 4.69) is 183 Å². The molecule has 0 aliphatic carbocycles. The van der Waals surface area contributed by atoms with Crippen LogP contribution in [0.25, 0.3) is 11.1 Å². The highest BCUT2D eigenvalue weighted by Gasteiger charge is 2.18. The van der Waals surface area contributed by atoms with Crippen molar-refractivity contribution in [2.45, 2.75) is 27.7 Å². The van der Waals surface area contributed by atoms with Gasteiger partial charge in [-0.3, -0.25) is 0 Å². The number of hydrogen-bond donors (Lipinski definition) is 0. The van der Waals surface area contributed by atoms with Crippen molar-refractivity contribution in [2.24, 2.45) is 0 Å². The lowest BCUT2D eigenvalue weighted by atomic mass is 10.0. The van der Waals surface area contributed by atoms with Gasteiger partial charge >= 0.3 is 0 Å². The first kappa shape index (κ1) is 27.1. The van der Waals surface area contributed by atoms with Crippen LogP contribution in [0.5, 0.6) is 0 Å². The van der Waals surface area contributed by atoms with Gasteiger partial charge in [0.2, 0.25) is 0 Å². The fourth-order valence-corrected chi connectivity index (χ4v) is 5.68. The van der Waals surface area contributed by atoms with Crippen molar-refractivity contribution in [3.63, 3.8) is 0 Å². The molecule has 0 unspecified atom stereocenters. The smallest absolute Gasteiger partial charge is 0.0490 e. The van der Waals surface area contributed by atoms with Crippen LogP contribution in [0.15, 0.2) is 146 Å². The Kier molecular flexibility index (Phi) is 7.62. The van der Waals surface area contributed by atoms with Crippen LogP contribution in [0.1, 0.15) is 22.3 Å². The van der Waals surface area contributed by atoms with E-state index in [1.54, 1.807) is 0 Å². The number of aryl methyl sites for hydroxylation is 4. The lowest BCUT2D eigenvalue weighted by Crippen LogP contribution is -2.12. The largest absolute Gasteiger partial charge is 0.310 e. The molecule has 0 saturated heterocycles. The SMILES string of the molecule is Cc1ccccc1N(c1ccc(-c2ccc(N(c3ccccc3C)c3ccccc3C)cc2)cc1)c1ccccc1C. The van der Waals surface area contributed by atoms with Gasteiger partial charge in [0.1, 0.15) is 0 Å². The first-order valence-corrected chi connectivity index (χ1v) is 14.5. The second kappa shape index (κ2) is 11.8. The predicted octanol–water partition coefficient (Wildman–Crippen LogP) is 11.5. The molecule has 42 heavy (non-hydrogen) atoms. The molecule has 6 aromatic rings. The normalized spacial score (nSPS) is 10.9. The number of hydrogen-bond acceptors (Lipinski definition) is 2. The molecule has 0 aliphatic heterocycles. The van der Waals surface area contributed by atoms with Crippen molar-refractivity contribution < 1.29 is 0 Å². The third-order valence-corrected chi connectivity index (χ3v) is 8.01. The molecule has 0 fully saturated rings. The van der Waals surface area contributed by atoms with Crippen molar-refractivity contribution in [2.75, 3.05) is 9.80 Å². The topological polar surface area (TPSA) is 6.48 Å². The summed E-state index contributed by atoms with van der Waals surface area (Å²) in [4.78, 5) is 4.72. The quantitative estimate of drug-likeness (QED) is 0.197. The molecule has 0 atom stereocenters. The Morgan fingerprint density at radius 2 is 0.524 bits per heavy atom. The summed E-state index contributed by atoms with van der Waals surface area (Å²) in [5.74, 6) is 0. The van der Waals surface area contributed by atoms with Gasteiger partial charge in [-0.2, -0.15) is 0 Å². The minimum atomic E-state index is 1.14. The third-order valence-electron chi connectivity index (χ3n) is 8.01.